The maximum Gasteiger partial charge on any atom is 0.0992 e. The zero-order chi connectivity index (χ0) is 13.7. The fraction of sp³-hybridized carbons (Fsp3) is 0. The smallest absolute Gasteiger partial charge is 0.0992 e. The van der Waals surface area contributed by atoms with Crippen molar-refractivity contribution in [3.05, 3.63) is 64.7 Å². The molecule has 0 fully saturated rings. The van der Waals surface area contributed by atoms with Crippen molar-refractivity contribution < 1.29 is 0 Å². The number of benzene rings is 2. The van der Waals surface area contributed by atoms with Gasteiger partial charge >= 0.3 is 0 Å². The lowest BCUT2D eigenvalue weighted by Crippen LogP contribution is -1.90. The molecule has 0 aromatic heterocycles. The molecule has 2 rings (SSSR count). The van der Waals surface area contributed by atoms with Gasteiger partial charge in [0.2, 0.25) is 0 Å². The monoisotopic (exact) mass is 245 g/mol. The molecule has 0 saturated heterocycles. The van der Waals surface area contributed by atoms with Crippen molar-refractivity contribution in [3.8, 4) is 12.1 Å². The number of nitrogens with zero attached hydrogens (tertiary/aromatic N) is 2. The first-order valence-corrected chi connectivity index (χ1v) is 5.71. The summed E-state index contributed by atoms with van der Waals surface area (Å²) in [6.07, 6.45) is 3.80. The number of anilines is 1. The van der Waals surface area contributed by atoms with Crippen LogP contribution in [0.15, 0.2) is 42.5 Å². The second-order valence-electron chi connectivity index (χ2n) is 4.02. The molecule has 0 saturated carbocycles. The molecule has 0 heterocycles. The van der Waals surface area contributed by atoms with E-state index in [1.54, 1.807) is 24.3 Å². The van der Waals surface area contributed by atoms with E-state index < -0.39 is 0 Å². The second kappa shape index (κ2) is 5.53. The zero-order valence-corrected chi connectivity index (χ0v) is 10.2. The van der Waals surface area contributed by atoms with Crippen LogP contribution < -0.4 is 5.73 Å². The predicted molar refractivity (Wildman–Crippen MR) is 75.7 cm³/mol. The molecule has 90 valence electrons. The highest BCUT2D eigenvalue weighted by Crippen LogP contribution is 2.17. The van der Waals surface area contributed by atoms with Crippen LogP contribution in [-0.2, 0) is 0 Å². The topological polar surface area (TPSA) is 73.6 Å². The summed E-state index contributed by atoms with van der Waals surface area (Å²) in [5.74, 6) is 0. The quantitative estimate of drug-likeness (QED) is 0.652. The van der Waals surface area contributed by atoms with E-state index in [-0.39, 0.29) is 0 Å². The Bertz CT molecular complexity index is 698. The molecule has 3 heteroatoms. The van der Waals surface area contributed by atoms with Crippen molar-refractivity contribution in [1.29, 1.82) is 10.5 Å². The molecule has 0 unspecified atom stereocenters. The summed E-state index contributed by atoms with van der Waals surface area (Å²) < 4.78 is 0. The summed E-state index contributed by atoms with van der Waals surface area (Å²) in [4.78, 5) is 0. The van der Waals surface area contributed by atoms with Crippen LogP contribution in [0, 0.1) is 22.7 Å². The van der Waals surface area contributed by atoms with E-state index in [9.17, 15) is 0 Å². The third kappa shape index (κ3) is 3.00. The predicted octanol–water partition coefficient (Wildman–Crippen LogP) is 3.18. The maximum absolute atomic E-state index is 8.76. The SMILES string of the molecule is N#Cc1ccc(/C=C/c2ccc(C#N)cc2N)cc1. The van der Waals surface area contributed by atoms with Crippen molar-refractivity contribution in [2.45, 2.75) is 0 Å². The molecule has 0 aliphatic carbocycles. The number of hydrogen-bond donors (Lipinski definition) is 1. The first-order chi connectivity index (χ1) is 9.22. The lowest BCUT2D eigenvalue weighted by Gasteiger charge is -2.00. The molecule has 3 nitrogen and oxygen atoms in total. The minimum absolute atomic E-state index is 0.549. The average Bonchev–Trinajstić information content (AvgIpc) is 2.46. The first kappa shape index (κ1) is 12.4. The Labute approximate surface area is 111 Å². The summed E-state index contributed by atoms with van der Waals surface area (Å²) in [6.45, 7) is 0. The van der Waals surface area contributed by atoms with Crippen LogP contribution >= 0.6 is 0 Å². The molecule has 0 aliphatic heterocycles. The fourth-order valence-electron chi connectivity index (χ4n) is 1.65. The Morgan fingerprint density at radius 2 is 1.47 bits per heavy atom. The number of nitriles is 2. The zero-order valence-electron chi connectivity index (χ0n) is 10.2. The fourth-order valence-corrected chi connectivity index (χ4v) is 1.65. The van der Waals surface area contributed by atoms with Crippen LogP contribution in [-0.4, -0.2) is 0 Å². The van der Waals surface area contributed by atoms with Gasteiger partial charge in [0.1, 0.15) is 0 Å². The molecular weight excluding hydrogens is 234 g/mol. The molecule has 0 atom stereocenters. The summed E-state index contributed by atoms with van der Waals surface area (Å²) in [5, 5.41) is 17.5. The van der Waals surface area contributed by atoms with E-state index >= 15 is 0 Å². The van der Waals surface area contributed by atoms with Gasteiger partial charge in [-0.1, -0.05) is 30.4 Å². The van der Waals surface area contributed by atoms with Crippen LogP contribution in [0.1, 0.15) is 22.3 Å². The third-order valence-electron chi connectivity index (χ3n) is 2.71. The Kier molecular flexibility index (Phi) is 3.61. The third-order valence-corrected chi connectivity index (χ3v) is 2.71. The van der Waals surface area contributed by atoms with Crippen LogP contribution in [0.5, 0.6) is 0 Å². The summed E-state index contributed by atoms with van der Waals surface area (Å²) in [6, 6.07) is 16.6. The van der Waals surface area contributed by atoms with Gasteiger partial charge < -0.3 is 5.73 Å². The van der Waals surface area contributed by atoms with Crippen molar-refractivity contribution in [2.75, 3.05) is 5.73 Å². The molecule has 0 aliphatic rings. The van der Waals surface area contributed by atoms with Gasteiger partial charge in [-0.3, -0.25) is 0 Å². The van der Waals surface area contributed by atoms with E-state index in [2.05, 4.69) is 6.07 Å². The molecule has 2 aromatic rings. The molecule has 2 N–H and O–H groups in total. The summed E-state index contributed by atoms with van der Waals surface area (Å²) in [5.41, 5.74) is 9.47. The highest BCUT2D eigenvalue weighted by Gasteiger charge is 1.97. The minimum Gasteiger partial charge on any atom is -0.398 e. The molecule has 0 spiro atoms. The number of nitrogen functional groups attached to an aromatic ring is 1. The Balaban J connectivity index is 2.23. The van der Waals surface area contributed by atoms with Gasteiger partial charge in [0.05, 0.1) is 23.3 Å². The summed E-state index contributed by atoms with van der Waals surface area (Å²) >= 11 is 0. The largest absolute Gasteiger partial charge is 0.398 e. The Hall–Kier alpha value is -3.04. The minimum atomic E-state index is 0.549. The first-order valence-electron chi connectivity index (χ1n) is 5.71. The molecule has 2 aromatic carbocycles. The van der Waals surface area contributed by atoms with E-state index in [1.165, 1.54) is 0 Å². The highest BCUT2D eigenvalue weighted by molar-refractivity contribution is 5.76. The van der Waals surface area contributed by atoms with Crippen LogP contribution in [0.3, 0.4) is 0 Å². The lowest BCUT2D eigenvalue weighted by atomic mass is 10.1. The normalized spacial score (nSPS) is 10.0. The maximum atomic E-state index is 8.76. The second-order valence-corrected chi connectivity index (χ2v) is 4.02. The molecular formula is C16H11N3. The van der Waals surface area contributed by atoms with E-state index in [0.29, 0.717) is 16.8 Å². The van der Waals surface area contributed by atoms with Crippen molar-refractivity contribution in [2.24, 2.45) is 0 Å². The van der Waals surface area contributed by atoms with Gasteiger partial charge in [-0.05, 0) is 35.4 Å². The van der Waals surface area contributed by atoms with Gasteiger partial charge in [-0.25, -0.2) is 0 Å². The van der Waals surface area contributed by atoms with Gasteiger partial charge in [0.15, 0.2) is 0 Å². The van der Waals surface area contributed by atoms with Gasteiger partial charge in [0.25, 0.3) is 0 Å². The van der Waals surface area contributed by atoms with E-state index in [0.717, 1.165) is 11.1 Å². The van der Waals surface area contributed by atoms with Crippen LogP contribution in [0.2, 0.25) is 0 Å². The van der Waals surface area contributed by atoms with Crippen LogP contribution in [0.4, 0.5) is 5.69 Å². The molecule has 0 bridgehead atoms. The van der Waals surface area contributed by atoms with E-state index in [1.807, 2.05) is 36.4 Å². The Morgan fingerprint density at radius 3 is 2.05 bits per heavy atom. The molecule has 0 amide bonds. The lowest BCUT2D eigenvalue weighted by molar-refractivity contribution is 1.48. The molecule has 0 radical (unpaired) electrons. The summed E-state index contributed by atoms with van der Waals surface area (Å²) in [7, 11) is 0. The van der Waals surface area contributed by atoms with Crippen molar-refractivity contribution in [3.63, 3.8) is 0 Å². The van der Waals surface area contributed by atoms with Crippen LogP contribution in [0.25, 0.3) is 12.2 Å². The van der Waals surface area contributed by atoms with E-state index in [4.69, 9.17) is 16.3 Å². The van der Waals surface area contributed by atoms with Gasteiger partial charge in [0, 0.05) is 5.69 Å². The highest BCUT2D eigenvalue weighted by atomic mass is 14.6. The van der Waals surface area contributed by atoms with Gasteiger partial charge in [-0.15, -0.1) is 0 Å². The van der Waals surface area contributed by atoms with Gasteiger partial charge in [-0.2, -0.15) is 10.5 Å². The standard InChI is InChI=1S/C16H11N3/c17-10-13-3-1-12(2-4-13)5-7-15-8-6-14(11-18)9-16(15)19/h1-9H,19H2/b7-5+. The molecule has 19 heavy (non-hydrogen) atoms. The van der Waals surface area contributed by atoms with Crippen molar-refractivity contribution in [1.82, 2.24) is 0 Å². The number of hydrogen-bond acceptors (Lipinski definition) is 3. The Morgan fingerprint density at radius 1 is 0.842 bits per heavy atom. The number of rotatable bonds is 2. The average molecular weight is 245 g/mol. The van der Waals surface area contributed by atoms with Crippen molar-refractivity contribution >= 4 is 17.8 Å². The number of nitrogens with two attached hydrogens (primary N) is 1.